The second-order valence-electron chi connectivity index (χ2n) is 7.02. The first-order chi connectivity index (χ1) is 15.2. The average Bonchev–Trinajstić information content (AvgIpc) is 3.59. The number of hydrogen-bond acceptors (Lipinski definition) is 7. The number of nitrogens with zero attached hydrogens (tertiary/aromatic N) is 5. The maximum absolute atomic E-state index is 13.2. The molecular formula is C22H19N5OS3. The molecule has 1 aromatic carbocycles. The molecule has 0 saturated heterocycles. The molecule has 0 saturated carbocycles. The van der Waals surface area contributed by atoms with Gasteiger partial charge in [-0.25, -0.2) is 5.01 Å². The van der Waals surface area contributed by atoms with Crippen LogP contribution in [-0.2, 0) is 11.8 Å². The van der Waals surface area contributed by atoms with Crippen LogP contribution in [0, 0.1) is 0 Å². The van der Waals surface area contributed by atoms with Gasteiger partial charge in [0.2, 0.25) is 0 Å². The van der Waals surface area contributed by atoms with Gasteiger partial charge in [-0.1, -0.05) is 54.2 Å². The van der Waals surface area contributed by atoms with Crippen molar-refractivity contribution in [2.45, 2.75) is 17.6 Å². The van der Waals surface area contributed by atoms with Crippen molar-refractivity contribution in [3.05, 3.63) is 75.1 Å². The lowest BCUT2D eigenvalue weighted by molar-refractivity contribution is -0.130. The molecular weight excluding hydrogens is 446 g/mol. The summed E-state index contributed by atoms with van der Waals surface area (Å²) in [5.41, 5.74) is 1.97. The third kappa shape index (κ3) is 4.08. The molecule has 1 atom stereocenters. The second-order valence-corrected chi connectivity index (χ2v) is 9.89. The van der Waals surface area contributed by atoms with E-state index in [-0.39, 0.29) is 17.7 Å². The number of hydrazone groups is 1. The Balaban J connectivity index is 1.34. The smallest absolute Gasteiger partial charge is 0.253 e. The lowest BCUT2D eigenvalue weighted by Crippen LogP contribution is -2.28. The molecule has 1 aliphatic heterocycles. The van der Waals surface area contributed by atoms with Crippen LogP contribution >= 0.6 is 34.4 Å². The molecule has 1 amide bonds. The average molecular weight is 466 g/mol. The van der Waals surface area contributed by atoms with Crippen molar-refractivity contribution in [1.29, 1.82) is 0 Å². The predicted molar refractivity (Wildman–Crippen MR) is 127 cm³/mol. The summed E-state index contributed by atoms with van der Waals surface area (Å²) in [6.45, 7) is 0. The first-order valence-electron chi connectivity index (χ1n) is 9.75. The lowest BCUT2D eigenvalue weighted by atomic mass is 10.1. The molecule has 4 heterocycles. The van der Waals surface area contributed by atoms with Gasteiger partial charge in [0.05, 0.1) is 22.4 Å². The monoisotopic (exact) mass is 465 g/mol. The van der Waals surface area contributed by atoms with E-state index in [9.17, 15) is 4.79 Å². The molecule has 9 heteroatoms. The molecule has 5 rings (SSSR count). The van der Waals surface area contributed by atoms with Crippen LogP contribution < -0.4 is 0 Å². The number of amides is 1. The Kier molecular flexibility index (Phi) is 5.71. The lowest BCUT2D eigenvalue weighted by Gasteiger charge is -2.20. The van der Waals surface area contributed by atoms with Crippen molar-refractivity contribution in [3.63, 3.8) is 0 Å². The van der Waals surface area contributed by atoms with Crippen LogP contribution in [0.25, 0.3) is 11.4 Å². The topological polar surface area (TPSA) is 63.4 Å². The molecule has 0 bridgehead atoms. The van der Waals surface area contributed by atoms with Crippen molar-refractivity contribution < 1.29 is 4.79 Å². The van der Waals surface area contributed by atoms with E-state index >= 15 is 0 Å². The molecule has 0 N–H and O–H groups in total. The highest BCUT2D eigenvalue weighted by Gasteiger charge is 2.34. The minimum atomic E-state index is -0.0513. The molecule has 6 nitrogen and oxygen atoms in total. The van der Waals surface area contributed by atoms with Crippen molar-refractivity contribution >= 4 is 46.1 Å². The fourth-order valence-corrected chi connectivity index (χ4v) is 5.80. The quantitative estimate of drug-likeness (QED) is 0.373. The Morgan fingerprint density at radius 1 is 1.06 bits per heavy atom. The van der Waals surface area contributed by atoms with Crippen LogP contribution in [0.15, 0.2) is 75.6 Å². The van der Waals surface area contributed by atoms with Gasteiger partial charge in [-0.3, -0.25) is 4.79 Å². The molecule has 0 spiro atoms. The Morgan fingerprint density at radius 3 is 2.61 bits per heavy atom. The summed E-state index contributed by atoms with van der Waals surface area (Å²) in [5, 5.41) is 19.8. The fourth-order valence-electron chi connectivity index (χ4n) is 3.51. The van der Waals surface area contributed by atoms with Gasteiger partial charge < -0.3 is 4.57 Å². The van der Waals surface area contributed by atoms with Crippen LogP contribution in [0.2, 0.25) is 0 Å². The summed E-state index contributed by atoms with van der Waals surface area (Å²) >= 11 is 4.71. The molecule has 1 aliphatic rings. The maximum atomic E-state index is 13.2. The van der Waals surface area contributed by atoms with Gasteiger partial charge in [-0.05, 0) is 22.9 Å². The van der Waals surface area contributed by atoms with E-state index in [1.54, 1.807) is 27.7 Å². The van der Waals surface area contributed by atoms with E-state index in [2.05, 4.69) is 22.3 Å². The SMILES string of the molecule is Cn1c(SCC(=O)N2N=C(c3cccs3)CC2c2cccs2)nnc1-c1ccccc1. The molecule has 4 aromatic rings. The normalized spacial score (nSPS) is 16.0. The Morgan fingerprint density at radius 2 is 1.87 bits per heavy atom. The molecule has 0 aliphatic carbocycles. The number of benzene rings is 1. The van der Waals surface area contributed by atoms with Crippen molar-refractivity contribution in [2.24, 2.45) is 12.1 Å². The zero-order valence-electron chi connectivity index (χ0n) is 16.7. The third-order valence-electron chi connectivity index (χ3n) is 5.03. The maximum Gasteiger partial charge on any atom is 0.253 e. The highest BCUT2D eigenvalue weighted by atomic mass is 32.2. The van der Waals surface area contributed by atoms with Crippen LogP contribution in [0.5, 0.6) is 0 Å². The second kappa shape index (κ2) is 8.78. The van der Waals surface area contributed by atoms with Gasteiger partial charge in [0, 0.05) is 23.9 Å². The number of carbonyl (C=O) groups is 1. The van der Waals surface area contributed by atoms with Gasteiger partial charge in [-0.15, -0.1) is 32.9 Å². The Labute approximate surface area is 192 Å². The summed E-state index contributed by atoms with van der Waals surface area (Å²) in [5.74, 6) is 1.01. The highest BCUT2D eigenvalue weighted by Crippen LogP contribution is 2.36. The summed E-state index contributed by atoms with van der Waals surface area (Å²) < 4.78 is 1.92. The van der Waals surface area contributed by atoms with Crippen LogP contribution in [0.3, 0.4) is 0 Å². The van der Waals surface area contributed by atoms with E-state index < -0.39 is 0 Å². The van der Waals surface area contributed by atoms with Crippen molar-refractivity contribution in [3.8, 4) is 11.4 Å². The van der Waals surface area contributed by atoms with Crippen molar-refractivity contribution in [2.75, 3.05) is 5.75 Å². The Bertz CT molecular complexity index is 1200. The fraction of sp³-hybridized carbons (Fsp3) is 0.182. The van der Waals surface area contributed by atoms with Gasteiger partial charge in [0.25, 0.3) is 5.91 Å². The standard InChI is InChI=1S/C22H19N5OS3/c1-26-21(15-7-3-2-4-8-15)23-24-22(26)31-14-20(28)27-17(19-10-6-12-30-19)13-16(25-27)18-9-5-11-29-18/h2-12,17H,13-14H2,1H3. The number of aromatic nitrogens is 3. The van der Waals surface area contributed by atoms with Gasteiger partial charge in [0.15, 0.2) is 11.0 Å². The van der Waals surface area contributed by atoms with E-state index in [0.717, 1.165) is 33.3 Å². The number of hydrogen-bond donors (Lipinski definition) is 0. The summed E-state index contributed by atoms with van der Waals surface area (Å²) in [6, 6.07) is 18.0. The summed E-state index contributed by atoms with van der Waals surface area (Å²) in [7, 11) is 1.92. The molecule has 3 aromatic heterocycles. The zero-order valence-corrected chi connectivity index (χ0v) is 19.2. The van der Waals surface area contributed by atoms with Gasteiger partial charge in [-0.2, -0.15) is 5.10 Å². The van der Waals surface area contributed by atoms with Crippen LogP contribution in [0.1, 0.15) is 22.2 Å². The third-order valence-corrected chi connectivity index (χ3v) is 7.93. The summed E-state index contributed by atoms with van der Waals surface area (Å²) in [4.78, 5) is 15.4. The first-order valence-corrected chi connectivity index (χ1v) is 12.5. The predicted octanol–water partition coefficient (Wildman–Crippen LogP) is 5.08. The molecule has 0 radical (unpaired) electrons. The van der Waals surface area contributed by atoms with Gasteiger partial charge >= 0.3 is 0 Å². The molecule has 31 heavy (non-hydrogen) atoms. The first kappa shape index (κ1) is 20.2. The van der Waals surface area contributed by atoms with E-state index in [0.29, 0.717) is 5.16 Å². The number of rotatable bonds is 6. The zero-order chi connectivity index (χ0) is 21.2. The molecule has 1 unspecified atom stereocenters. The number of carbonyl (C=O) groups excluding carboxylic acids is 1. The van der Waals surface area contributed by atoms with Crippen LogP contribution in [-0.4, -0.2) is 37.1 Å². The number of thiophene rings is 2. The number of thioether (sulfide) groups is 1. The minimum Gasteiger partial charge on any atom is -0.305 e. The van der Waals surface area contributed by atoms with Gasteiger partial charge in [0.1, 0.15) is 0 Å². The van der Waals surface area contributed by atoms with Crippen LogP contribution in [0.4, 0.5) is 0 Å². The Hall–Kier alpha value is -2.75. The molecule has 156 valence electrons. The molecule has 0 fully saturated rings. The van der Waals surface area contributed by atoms with E-state index in [1.807, 2.05) is 64.8 Å². The van der Waals surface area contributed by atoms with E-state index in [1.165, 1.54) is 11.8 Å². The largest absolute Gasteiger partial charge is 0.305 e. The van der Waals surface area contributed by atoms with E-state index in [4.69, 9.17) is 5.10 Å². The highest BCUT2D eigenvalue weighted by molar-refractivity contribution is 7.99. The summed E-state index contributed by atoms with van der Waals surface area (Å²) in [6.07, 6.45) is 0.736. The van der Waals surface area contributed by atoms with Crippen molar-refractivity contribution in [1.82, 2.24) is 19.8 Å². The minimum absolute atomic E-state index is 0.0285.